The van der Waals surface area contributed by atoms with Crippen LogP contribution < -0.4 is 10.5 Å². The average molecular weight is 329 g/mol. The van der Waals surface area contributed by atoms with Gasteiger partial charge in [-0.3, -0.25) is 0 Å². The summed E-state index contributed by atoms with van der Waals surface area (Å²) in [5, 5.41) is 0.490. The van der Waals surface area contributed by atoms with Crippen LogP contribution >= 0.6 is 27.5 Å². The molecule has 0 amide bonds. The highest BCUT2D eigenvalue weighted by molar-refractivity contribution is 9.10. The van der Waals surface area contributed by atoms with Crippen LogP contribution in [0.4, 0.5) is 0 Å². The van der Waals surface area contributed by atoms with Crippen molar-refractivity contribution in [2.24, 2.45) is 5.73 Å². The molecule has 2 aromatic rings. The van der Waals surface area contributed by atoms with Crippen LogP contribution in [0.2, 0.25) is 5.02 Å². The van der Waals surface area contributed by atoms with Crippen molar-refractivity contribution in [1.82, 2.24) is 9.97 Å². The zero-order chi connectivity index (χ0) is 13.1. The number of rotatable bonds is 3. The number of nitrogens with two attached hydrogens (primary N) is 1. The van der Waals surface area contributed by atoms with E-state index in [4.69, 9.17) is 22.1 Å². The Balaban J connectivity index is 2.30. The fourth-order valence-corrected chi connectivity index (χ4v) is 2.12. The standard InChI is InChI=1S/C12H11BrClN3O/c1-7-4-9(6-15)17-12(16-7)18-11-3-2-8(13)5-10(11)14/h2-5H,6,15H2,1H3. The highest BCUT2D eigenvalue weighted by atomic mass is 79.9. The van der Waals surface area contributed by atoms with E-state index in [1.165, 1.54) is 0 Å². The van der Waals surface area contributed by atoms with Gasteiger partial charge in [0.25, 0.3) is 0 Å². The van der Waals surface area contributed by atoms with E-state index in [0.717, 1.165) is 15.9 Å². The van der Waals surface area contributed by atoms with Crippen LogP contribution in [0, 0.1) is 6.92 Å². The molecular formula is C12H11BrClN3O. The van der Waals surface area contributed by atoms with E-state index in [2.05, 4.69) is 25.9 Å². The van der Waals surface area contributed by atoms with Crippen LogP contribution in [0.25, 0.3) is 0 Å². The minimum atomic E-state index is 0.250. The van der Waals surface area contributed by atoms with Crippen LogP contribution in [-0.2, 0) is 6.54 Å². The van der Waals surface area contributed by atoms with Gasteiger partial charge in [0.05, 0.1) is 10.7 Å². The van der Waals surface area contributed by atoms with Gasteiger partial charge in [-0.1, -0.05) is 27.5 Å². The maximum absolute atomic E-state index is 6.06. The molecule has 0 radical (unpaired) electrons. The Kier molecular flexibility index (Phi) is 4.16. The van der Waals surface area contributed by atoms with Crippen molar-refractivity contribution < 1.29 is 4.74 Å². The maximum Gasteiger partial charge on any atom is 0.322 e. The number of ether oxygens (including phenoxy) is 1. The third kappa shape index (κ3) is 3.19. The smallest absolute Gasteiger partial charge is 0.322 e. The van der Waals surface area contributed by atoms with Crippen LogP contribution in [-0.4, -0.2) is 9.97 Å². The average Bonchev–Trinajstić information content (AvgIpc) is 2.32. The molecule has 0 aliphatic rings. The van der Waals surface area contributed by atoms with Crippen LogP contribution in [0.3, 0.4) is 0 Å². The predicted octanol–water partition coefficient (Wildman–Crippen LogP) is 3.45. The molecule has 1 aromatic carbocycles. The van der Waals surface area contributed by atoms with Crippen molar-refractivity contribution >= 4 is 27.5 Å². The van der Waals surface area contributed by atoms with E-state index in [0.29, 0.717) is 17.3 Å². The van der Waals surface area contributed by atoms with Gasteiger partial charge in [0, 0.05) is 16.7 Å². The second-order valence-corrected chi connectivity index (χ2v) is 4.99. The van der Waals surface area contributed by atoms with Crippen molar-refractivity contribution in [2.45, 2.75) is 13.5 Å². The Morgan fingerprint density at radius 3 is 2.78 bits per heavy atom. The summed E-state index contributed by atoms with van der Waals surface area (Å²) < 4.78 is 6.44. The molecule has 0 aliphatic carbocycles. The molecule has 1 aromatic heterocycles. The van der Waals surface area contributed by atoms with Gasteiger partial charge in [-0.2, -0.15) is 4.98 Å². The zero-order valence-electron chi connectivity index (χ0n) is 9.65. The Hall–Kier alpha value is -1.17. The molecule has 94 valence electrons. The molecule has 0 atom stereocenters. The van der Waals surface area contributed by atoms with Gasteiger partial charge < -0.3 is 10.5 Å². The highest BCUT2D eigenvalue weighted by Crippen LogP contribution is 2.30. The first-order valence-corrected chi connectivity index (χ1v) is 6.43. The first-order chi connectivity index (χ1) is 8.58. The molecule has 0 fully saturated rings. The molecule has 6 heteroatoms. The van der Waals surface area contributed by atoms with E-state index in [1.54, 1.807) is 12.1 Å². The monoisotopic (exact) mass is 327 g/mol. The van der Waals surface area contributed by atoms with Gasteiger partial charge in [-0.05, 0) is 31.2 Å². The molecule has 0 aliphatic heterocycles. The summed E-state index contributed by atoms with van der Waals surface area (Å²) >= 11 is 9.39. The van der Waals surface area contributed by atoms with E-state index in [1.807, 2.05) is 19.1 Å². The van der Waals surface area contributed by atoms with Crippen molar-refractivity contribution in [3.05, 3.63) is 45.1 Å². The Labute approximate surface area is 118 Å². The lowest BCUT2D eigenvalue weighted by atomic mass is 10.3. The minimum absolute atomic E-state index is 0.250. The normalized spacial score (nSPS) is 10.4. The van der Waals surface area contributed by atoms with Gasteiger partial charge in [-0.25, -0.2) is 4.98 Å². The molecule has 0 saturated carbocycles. The first-order valence-electron chi connectivity index (χ1n) is 5.26. The van der Waals surface area contributed by atoms with E-state index in [9.17, 15) is 0 Å². The van der Waals surface area contributed by atoms with E-state index < -0.39 is 0 Å². The summed E-state index contributed by atoms with van der Waals surface area (Å²) in [7, 11) is 0. The largest absolute Gasteiger partial charge is 0.423 e. The lowest BCUT2D eigenvalue weighted by molar-refractivity contribution is 0.438. The van der Waals surface area contributed by atoms with Crippen LogP contribution in [0.15, 0.2) is 28.7 Å². The van der Waals surface area contributed by atoms with Crippen LogP contribution in [0.5, 0.6) is 11.8 Å². The van der Waals surface area contributed by atoms with E-state index >= 15 is 0 Å². The molecule has 0 bridgehead atoms. The summed E-state index contributed by atoms with van der Waals surface area (Å²) in [4.78, 5) is 8.36. The highest BCUT2D eigenvalue weighted by Gasteiger charge is 2.07. The van der Waals surface area contributed by atoms with Crippen molar-refractivity contribution in [1.29, 1.82) is 0 Å². The molecule has 2 rings (SSSR count). The number of aromatic nitrogens is 2. The van der Waals surface area contributed by atoms with Gasteiger partial charge in [-0.15, -0.1) is 0 Å². The van der Waals surface area contributed by atoms with Crippen molar-refractivity contribution in [3.63, 3.8) is 0 Å². The second kappa shape index (κ2) is 5.65. The van der Waals surface area contributed by atoms with E-state index in [-0.39, 0.29) is 6.01 Å². The summed E-state index contributed by atoms with van der Waals surface area (Å²) in [6.45, 7) is 2.20. The fourth-order valence-electron chi connectivity index (χ4n) is 1.41. The lowest BCUT2D eigenvalue weighted by Gasteiger charge is -2.08. The van der Waals surface area contributed by atoms with Gasteiger partial charge in [0.2, 0.25) is 0 Å². The molecule has 0 unspecified atom stereocenters. The second-order valence-electron chi connectivity index (χ2n) is 3.66. The van der Waals surface area contributed by atoms with Crippen LogP contribution in [0.1, 0.15) is 11.4 Å². The summed E-state index contributed by atoms with van der Waals surface area (Å²) in [5.41, 5.74) is 7.08. The maximum atomic E-state index is 6.06. The van der Waals surface area contributed by atoms with Crippen molar-refractivity contribution in [3.8, 4) is 11.8 Å². The topological polar surface area (TPSA) is 61.0 Å². The van der Waals surface area contributed by atoms with Gasteiger partial charge in [0.1, 0.15) is 5.75 Å². The molecule has 18 heavy (non-hydrogen) atoms. The zero-order valence-corrected chi connectivity index (χ0v) is 12.0. The first kappa shape index (κ1) is 13.3. The Morgan fingerprint density at radius 2 is 2.11 bits per heavy atom. The molecule has 1 heterocycles. The summed E-state index contributed by atoms with van der Waals surface area (Å²) in [6.07, 6.45) is 0. The minimum Gasteiger partial charge on any atom is -0.423 e. The Bertz CT molecular complexity index is 577. The number of aryl methyl sites for hydroxylation is 1. The van der Waals surface area contributed by atoms with Gasteiger partial charge >= 0.3 is 6.01 Å². The SMILES string of the molecule is Cc1cc(CN)nc(Oc2ccc(Br)cc2Cl)n1. The molecular weight excluding hydrogens is 318 g/mol. The third-order valence-corrected chi connectivity index (χ3v) is 2.98. The number of nitrogens with zero attached hydrogens (tertiary/aromatic N) is 2. The lowest BCUT2D eigenvalue weighted by Crippen LogP contribution is -2.03. The third-order valence-electron chi connectivity index (χ3n) is 2.19. The number of hydrogen-bond donors (Lipinski definition) is 1. The molecule has 0 spiro atoms. The number of hydrogen-bond acceptors (Lipinski definition) is 4. The number of halogens is 2. The summed E-state index contributed by atoms with van der Waals surface area (Å²) in [6, 6.07) is 7.40. The fraction of sp³-hybridized carbons (Fsp3) is 0.167. The van der Waals surface area contributed by atoms with Gasteiger partial charge in [0.15, 0.2) is 0 Å². The predicted molar refractivity (Wildman–Crippen MR) is 73.9 cm³/mol. The quantitative estimate of drug-likeness (QED) is 0.937. The molecule has 2 N–H and O–H groups in total. The molecule has 4 nitrogen and oxygen atoms in total. The Morgan fingerprint density at radius 1 is 1.33 bits per heavy atom. The molecule has 0 saturated heterocycles. The van der Waals surface area contributed by atoms with Crippen molar-refractivity contribution in [2.75, 3.05) is 0 Å². The summed E-state index contributed by atoms with van der Waals surface area (Å²) in [5.74, 6) is 0.508. The number of benzene rings is 1.